The van der Waals surface area contributed by atoms with Crippen LogP contribution in [0, 0.1) is 5.92 Å². The Bertz CT molecular complexity index is 408. The Balaban J connectivity index is 2.02. The number of aliphatic hydroxyl groups excluding tert-OH is 1. The molecule has 0 unspecified atom stereocenters. The average molecular weight is 208 g/mol. The standard InChI is InChI=1S/C11H12O4/c1-14-11(13)9-5-2-6(10(9)12)8-4-15-3-7(5)8/h3-6,9-10,12H,2H2,1H3/t5-,6+,9+,10-/m0/s1. The van der Waals surface area contributed by atoms with Crippen LogP contribution in [0.4, 0.5) is 0 Å². The molecule has 0 radical (unpaired) electrons. The van der Waals surface area contributed by atoms with Crippen LogP contribution in [0.2, 0.25) is 0 Å². The number of methoxy groups -OCH3 is 1. The zero-order valence-corrected chi connectivity index (χ0v) is 8.34. The smallest absolute Gasteiger partial charge is 0.311 e. The van der Waals surface area contributed by atoms with Gasteiger partial charge in [-0.3, -0.25) is 4.79 Å². The Morgan fingerprint density at radius 2 is 2.13 bits per heavy atom. The molecular weight excluding hydrogens is 196 g/mol. The second-order valence-corrected chi connectivity index (χ2v) is 4.27. The van der Waals surface area contributed by atoms with Crippen LogP contribution in [-0.4, -0.2) is 24.3 Å². The summed E-state index contributed by atoms with van der Waals surface area (Å²) in [7, 11) is 1.36. The van der Waals surface area contributed by atoms with Gasteiger partial charge in [0, 0.05) is 11.8 Å². The first kappa shape index (κ1) is 8.97. The van der Waals surface area contributed by atoms with E-state index in [1.807, 2.05) is 0 Å². The molecule has 4 nitrogen and oxygen atoms in total. The summed E-state index contributed by atoms with van der Waals surface area (Å²) in [4.78, 5) is 11.5. The molecule has 1 saturated carbocycles. The Hall–Kier alpha value is -1.29. The number of fused-ring (bicyclic) bond motifs is 5. The maximum Gasteiger partial charge on any atom is 0.311 e. The number of aliphatic hydroxyl groups is 1. The first-order valence-corrected chi connectivity index (χ1v) is 5.06. The number of hydrogen-bond acceptors (Lipinski definition) is 4. The molecule has 1 heterocycles. The highest BCUT2D eigenvalue weighted by molar-refractivity contribution is 5.76. The number of esters is 1. The molecule has 2 aliphatic carbocycles. The molecule has 1 aromatic rings. The van der Waals surface area contributed by atoms with Crippen LogP contribution < -0.4 is 0 Å². The fourth-order valence-electron chi connectivity index (χ4n) is 3.04. The lowest BCUT2D eigenvalue weighted by atomic mass is 9.84. The van der Waals surface area contributed by atoms with E-state index in [0.29, 0.717) is 0 Å². The highest BCUT2D eigenvalue weighted by Crippen LogP contribution is 2.56. The summed E-state index contributed by atoms with van der Waals surface area (Å²) in [5.74, 6) is -0.606. The van der Waals surface area contributed by atoms with Gasteiger partial charge >= 0.3 is 5.97 Å². The van der Waals surface area contributed by atoms with Crippen LogP contribution in [0.25, 0.3) is 0 Å². The minimum Gasteiger partial charge on any atom is -0.472 e. The summed E-state index contributed by atoms with van der Waals surface area (Å²) in [5, 5.41) is 10.0. The molecule has 15 heavy (non-hydrogen) atoms. The van der Waals surface area contributed by atoms with Gasteiger partial charge in [-0.25, -0.2) is 0 Å². The molecular formula is C11H12O4. The number of furan rings is 1. The first-order valence-electron chi connectivity index (χ1n) is 5.06. The van der Waals surface area contributed by atoms with Crippen molar-refractivity contribution in [3.8, 4) is 0 Å². The Morgan fingerprint density at radius 1 is 1.47 bits per heavy atom. The van der Waals surface area contributed by atoms with Crippen molar-refractivity contribution in [1.29, 1.82) is 0 Å². The van der Waals surface area contributed by atoms with Crippen molar-refractivity contribution >= 4 is 5.97 Å². The van der Waals surface area contributed by atoms with Gasteiger partial charge in [0.1, 0.15) is 0 Å². The van der Waals surface area contributed by atoms with Crippen molar-refractivity contribution in [3.63, 3.8) is 0 Å². The van der Waals surface area contributed by atoms with Crippen molar-refractivity contribution < 1.29 is 19.1 Å². The zero-order chi connectivity index (χ0) is 10.6. The van der Waals surface area contributed by atoms with Gasteiger partial charge in [-0.2, -0.15) is 0 Å². The van der Waals surface area contributed by atoms with Gasteiger partial charge in [-0.1, -0.05) is 0 Å². The summed E-state index contributed by atoms with van der Waals surface area (Å²) in [6, 6.07) is 0. The van der Waals surface area contributed by atoms with Gasteiger partial charge in [0.15, 0.2) is 0 Å². The topological polar surface area (TPSA) is 59.7 Å². The fourth-order valence-corrected chi connectivity index (χ4v) is 3.04. The predicted octanol–water partition coefficient (Wildman–Crippen LogP) is 1.01. The molecule has 4 heteroatoms. The summed E-state index contributed by atoms with van der Waals surface area (Å²) < 4.78 is 9.83. The van der Waals surface area contributed by atoms with E-state index in [-0.39, 0.29) is 17.8 Å². The Morgan fingerprint density at radius 3 is 2.80 bits per heavy atom. The molecule has 0 spiro atoms. The number of hydrogen-bond donors (Lipinski definition) is 1. The van der Waals surface area contributed by atoms with Gasteiger partial charge < -0.3 is 14.3 Å². The number of ether oxygens (including phenoxy) is 1. The normalized spacial score (nSPS) is 36.7. The Kier molecular flexibility index (Phi) is 1.71. The van der Waals surface area contributed by atoms with Crippen LogP contribution in [0.3, 0.4) is 0 Å². The van der Waals surface area contributed by atoms with Gasteiger partial charge in [0.2, 0.25) is 0 Å². The van der Waals surface area contributed by atoms with Gasteiger partial charge in [0.25, 0.3) is 0 Å². The maximum atomic E-state index is 11.5. The van der Waals surface area contributed by atoms with Gasteiger partial charge in [0.05, 0.1) is 31.7 Å². The van der Waals surface area contributed by atoms with E-state index in [9.17, 15) is 9.90 Å². The minimum atomic E-state index is -0.618. The lowest BCUT2D eigenvalue weighted by Crippen LogP contribution is -2.33. The summed E-state index contributed by atoms with van der Waals surface area (Å²) in [5.41, 5.74) is 2.13. The Labute approximate surface area is 86.8 Å². The predicted molar refractivity (Wildman–Crippen MR) is 50.3 cm³/mol. The van der Waals surface area contributed by atoms with Crippen LogP contribution in [0.15, 0.2) is 16.9 Å². The molecule has 2 aliphatic rings. The minimum absolute atomic E-state index is 0.0489. The monoisotopic (exact) mass is 208 g/mol. The fraction of sp³-hybridized carbons (Fsp3) is 0.545. The summed E-state index contributed by atoms with van der Waals surface area (Å²) in [6.07, 6.45) is 3.58. The molecule has 0 aliphatic heterocycles. The molecule has 0 aromatic carbocycles. The highest BCUT2D eigenvalue weighted by Gasteiger charge is 2.54. The van der Waals surface area contributed by atoms with E-state index in [2.05, 4.69) is 0 Å². The number of carbonyl (C=O) groups is 1. The van der Waals surface area contributed by atoms with Crippen LogP contribution >= 0.6 is 0 Å². The molecule has 3 rings (SSSR count). The summed E-state index contributed by atoms with van der Waals surface area (Å²) in [6.45, 7) is 0. The largest absolute Gasteiger partial charge is 0.472 e. The number of carbonyl (C=O) groups excluding carboxylic acids is 1. The van der Waals surface area contributed by atoms with E-state index < -0.39 is 12.0 Å². The van der Waals surface area contributed by atoms with E-state index in [1.165, 1.54) is 7.11 Å². The van der Waals surface area contributed by atoms with Crippen molar-refractivity contribution in [1.82, 2.24) is 0 Å². The third-order valence-electron chi connectivity index (χ3n) is 3.72. The van der Waals surface area contributed by atoms with E-state index in [0.717, 1.165) is 17.5 Å². The highest BCUT2D eigenvalue weighted by atomic mass is 16.5. The lowest BCUT2D eigenvalue weighted by molar-refractivity contribution is -0.149. The van der Waals surface area contributed by atoms with E-state index in [1.54, 1.807) is 12.5 Å². The third-order valence-corrected chi connectivity index (χ3v) is 3.72. The average Bonchev–Trinajstić information content (AvgIpc) is 2.85. The maximum absolute atomic E-state index is 11.5. The lowest BCUT2D eigenvalue weighted by Gasteiger charge is -2.24. The van der Waals surface area contributed by atoms with E-state index >= 15 is 0 Å². The van der Waals surface area contributed by atoms with Crippen LogP contribution in [0.1, 0.15) is 29.4 Å². The van der Waals surface area contributed by atoms with Gasteiger partial charge in [-0.15, -0.1) is 0 Å². The molecule has 2 bridgehead atoms. The quantitative estimate of drug-likeness (QED) is 0.700. The molecule has 1 fully saturated rings. The SMILES string of the molecule is COC(=O)[C@H]1[C@@H](O)[C@@H]2C[C@H]1c1cocc12. The molecule has 0 saturated heterocycles. The first-order chi connectivity index (χ1) is 7.24. The van der Waals surface area contributed by atoms with Crippen molar-refractivity contribution in [3.05, 3.63) is 23.7 Å². The zero-order valence-electron chi connectivity index (χ0n) is 8.34. The van der Waals surface area contributed by atoms with Crippen molar-refractivity contribution in [2.45, 2.75) is 24.4 Å². The molecule has 4 atom stereocenters. The second-order valence-electron chi connectivity index (χ2n) is 4.27. The second kappa shape index (κ2) is 2.85. The van der Waals surface area contributed by atoms with Crippen LogP contribution in [0.5, 0.6) is 0 Å². The molecule has 1 N–H and O–H groups in total. The van der Waals surface area contributed by atoms with Crippen molar-refractivity contribution in [2.75, 3.05) is 7.11 Å². The van der Waals surface area contributed by atoms with Crippen molar-refractivity contribution in [2.24, 2.45) is 5.92 Å². The van der Waals surface area contributed by atoms with Gasteiger partial charge in [-0.05, 0) is 17.5 Å². The molecule has 1 aromatic heterocycles. The summed E-state index contributed by atoms with van der Waals surface area (Å²) >= 11 is 0. The van der Waals surface area contributed by atoms with E-state index in [4.69, 9.17) is 9.15 Å². The third kappa shape index (κ3) is 0.973. The number of rotatable bonds is 1. The molecule has 0 amide bonds. The molecule has 80 valence electrons. The van der Waals surface area contributed by atoms with Crippen LogP contribution in [-0.2, 0) is 9.53 Å².